The molecule has 0 bridgehead atoms. The van der Waals surface area contributed by atoms with E-state index < -0.39 is 82.6 Å². The van der Waals surface area contributed by atoms with E-state index in [-0.39, 0.29) is 40.8 Å². The predicted octanol–water partition coefficient (Wildman–Crippen LogP) is 3.25. The lowest BCUT2D eigenvalue weighted by Crippen LogP contribution is -2.53. The Morgan fingerprint density at radius 2 is 1.73 bits per heavy atom. The Morgan fingerprint density at radius 1 is 1.02 bits per heavy atom. The van der Waals surface area contributed by atoms with E-state index in [1.54, 1.807) is 6.92 Å². The average Bonchev–Trinajstić information content (AvgIpc) is 3.01. The number of carbonyl (C=O) groups excluding carboxylic acids is 3. The number of rotatable bonds is 7. The van der Waals surface area contributed by atoms with E-state index in [4.69, 9.17) is 24.7 Å². The molecule has 1 saturated heterocycles. The third kappa shape index (κ3) is 5.20. The first-order chi connectivity index (χ1) is 21.4. The molecule has 1 heterocycles. The van der Waals surface area contributed by atoms with Crippen LogP contribution in [0.25, 0.3) is 0 Å². The third-order valence-electron chi connectivity index (χ3n) is 9.05. The van der Waals surface area contributed by atoms with Gasteiger partial charge in [-0.25, -0.2) is 0 Å². The molecule has 2 aliphatic carbocycles. The second-order valence-corrected chi connectivity index (χ2v) is 11.9. The van der Waals surface area contributed by atoms with Gasteiger partial charge in [0, 0.05) is 42.0 Å². The number of ketones is 3. The van der Waals surface area contributed by atoms with E-state index in [1.165, 1.54) is 32.2 Å². The molecule has 11 heteroatoms. The molecule has 3 aromatic carbocycles. The summed E-state index contributed by atoms with van der Waals surface area (Å²) in [5, 5.41) is 34.6. The highest BCUT2D eigenvalue weighted by molar-refractivity contribution is 6.31. The molecule has 6 unspecified atom stereocenters. The maximum absolute atomic E-state index is 13.8. The second-order valence-electron chi connectivity index (χ2n) is 11.9. The lowest BCUT2D eigenvalue weighted by Gasteiger charge is -2.43. The van der Waals surface area contributed by atoms with Gasteiger partial charge in [0.15, 0.2) is 17.9 Å². The van der Waals surface area contributed by atoms with Crippen LogP contribution in [-0.2, 0) is 32.0 Å². The van der Waals surface area contributed by atoms with Gasteiger partial charge in [-0.3, -0.25) is 14.4 Å². The number of carbonyl (C=O) groups is 3. The molecule has 0 spiro atoms. The molecular weight excluding hydrogens is 582 g/mol. The summed E-state index contributed by atoms with van der Waals surface area (Å²) in [5.41, 5.74) is 4.55. The van der Waals surface area contributed by atoms with Gasteiger partial charge in [-0.1, -0.05) is 42.5 Å². The Hall–Kier alpha value is -4.13. The van der Waals surface area contributed by atoms with Gasteiger partial charge >= 0.3 is 0 Å². The zero-order valence-electron chi connectivity index (χ0n) is 25.1. The van der Waals surface area contributed by atoms with Gasteiger partial charge in [-0.2, -0.15) is 0 Å². The monoisotopic (exact) mass is 617 g/mol. The zero-order valence-corrected chi connectivity index (χ0v) is 25.1. The van der Waals surface area contributed by atoms with Crippen LogP contribution < -0.4 is 10.5 Å². The summed E-state index contributed by atoms with van der Waals surface area (Å²) in [5.74, 6) is -3.08. The molecule has 0 radical (unpaired) electrons. The van der Waals surface area contributed by atoms with Gasteiger partial charge in [-0.15, -0.1) is 0 Å². The Kier molecular flexibility index (Phi) is 8.00. The first-order valence-corrected chi connectivity index (χ1v) is 14.8. The van der Waals surface area contributed by atoms with Crippen LogP contribution in [0, 0.1) is 0 Å². The standard InChI is InChI=1S/C34H35NO10/c1-16-33(43-15-18-8-5-4-6-9-18)21(35)12-24(44-16)45-23-14-34(41,17(2)36)13-20-26(23)32(40)28-27(30(20)38)29(37)19-10-7-11-22(42-3)25(19)31(28)39/h4-11,16,21,23-24,33,38,40-41H,12-15,35H2,1-3H3. The number of ether oxygens (including phenoxy) is 4. The van der Waals surface area contributed by atoms with Crippen LogP contribution in [0.2, 0.25) is 0 Å². The lowest BCUT2D eigenvalue weighted by atomic mass is 9.72. The summed E-state index contributed by atoms with van der Waals surface area (Å²) in [7, 11) is 1.35. The van der Waals surface area contributed by atoms with Crippen molar-refractivity contribution in [2.45, 2.75) is 76.0 Å². The summed E-state index contributed by atoms with van der Waals surface area (Å²) in [6.45, 7) is 3.33. The Morgan fingerprint density at radius 3 is 2.40 bits per heavy atom. The first kappa shape index (κ1) is 30.9. The average molecular weight is 618 g/mol. The van der Waals surface area contributed by atoms with E-state index >= 15 is 0 Å². The molecule has 6 rings (SSSR count). The van der Waals surface area contributed by atoms with Crippen molar-refractivity contribution >= 4 is 17.3 Å². The molecular formula is C34H35NO10. The molecule has 45 heavy (non-hydrogen) atoms. The van der Waals surface area contributed by atoms with E-state index in [9.17, 15) is 29.7 Å². The van der Waals surface area contributed by atoms with Crippen molar-refractivity contribution in [2.75, 3.05) is 7.11 Å². The van der Waals surface area contributed by atoms with Crippen LogP contribution in [0.15, 0.2) is 48.5 Å². The minimum absolute atomic E-state index is 0.00504. The van der Waals surface area contributed by atoms with Gasteiger partial charge in [-0.05, 0) is 25.5 Å². The predicted molar refractivity (Wildman–Crippen MR) is 159 cm³/mol. The van der Waals surface area contributed by atoms with Gasteiger partial charge in [0.2, 0.25) is 5.78 Å². The zero-order chi connectivity index (χ0) is 32.2. The van der Waals surface area contributed by atoms with E-state index in [0.717, 1.165) is 5.56 Å². The summed E-state index contributed by atoms with van der Waals surface area (Å²) in [6.07, 6.45) is -3.67. The number of nitrogens with two attached hydrogens (primary N) is 1. The highest BCUT2D eigenvalue weighted by atomic mass is 16.7. The lowest BCUT2D eigenvalue weighted by molar-refractivity contribution is -0.254. The van der Waals surface area contributed by atoms with Crippen LogP contribution in [0.3, 0.4) is 0 Å². The van der Waals surface area contributed by atoms with Crippen LogP contribution in [0.1, 0.15) is 81.3 Å². The summed E-state index contributed by atoms with van der Waals surface area (Å²) >= 11 is 0. The SMILES string of the molecule is COc1cccc2c1C(=O)c1c(O)c3c(c(O)c1C2=O)CC(O)(C(C)=O)CC3OC1CC(N)C(OCc2ccccc2)C(C)O1. The quantitative estimate of drug-likeness (QED) is 0.224. The van der Waals surface area contributed by atoms with Crippen LogP contribution >= 0.6 is 0 Å². The smallest absolute Gasteiger partial charge is 0.202 e. The molecule has 1 aliphatic heterocycles. The molecule has 0 saturated carbocycles. The number of hydrogen-bond acceptors (Lipinski definition) is 11. The summed E-state index contributed by atoms with van der Waals surface area (Å²) in [4.78, 5) is 40.1. The van der Waals surface area contributed by atoms with Crippen LogP contribution in [0.5, 0.6) is 17.2 Å². The fraction of sp³-hybridized carbons (Fsp3) is 0.382. The van der Waals surface area contributed by atoms with Crippen LogP contribution in [-0.4, -0.2) is 69.9 Å². The number of phenols is 2. The minimum Gasteiger partial charge on any atom is -0.507 e. The maximum atomic E-state index is 13.8. The molecule has 0 amide bonds. The fourth-order valence-corrected chi connectivity index (χ4v) is 6.68. The largest absolute Gasteiger partial charge is 0.507 e. The summed E-state index contributed by atoms with van der Waals surface area (Å²) < 4.78 is 23.8. The highest BCUT2D eigenvalue weighted by Gasteiger charge is 2.49. The Labute approximate surface area is 259 Å². The Bertz CT molecular complexity index is 1680. The minimum atomic E-state index is -2.00. The van der Waals surface area contributed by atoms with Crippen molar-refractivity contribution < 1.29 is 48.7 Å². The molecule has 0 aromatic heterocycles. The second kappa shape index (κ2) is 11.7. The highest BCUT2D eigenvalue weighted by Crippen LogP contribution is 2.52. The van der Waals surface area contributed by atoms with Crippen molar-refractivity contribution in [1.29, 1.82) is 0 Å². The van der Waals surface area contributed by atoms with E-state index in [0.29, 0.717) is 6.61 Å². The topological polar surface area (TPSA) is 175 Å². The number of benzene rings is 3. The van der Waals surface area contributed by atoms with Crippen molar-refractivity contribution in [1.82, 2.24) is 0 Å². The van der Waals surface area contributed by atoms with Gasteiger partial charge in [0.1, 0.15) is 22.8 Å². The first-order valence-electron chi connectivity index (χ1n) is 14.8. The third-order valence-corrected chi connectivity index (χ3v) is 9.05. The van der Waals surface area contributed by atoms with Gasteiger partial charge < -0.3 is 40.0 Å². The number of phenolic OH excluding ortho intramolecular Hbond substituents is 2. The summed E-state index contributed by atoms with van der Waals surface area (Å²) in [6, 6.07) is 13.6. The van der Waals surface area contributed by atoms with E-state index in [2.05, 4.69) is 0 Å². The molecule has 1 fully saturated rings. The van der Waals surface area contributed by atoms with Crippen LogP contribution in [0.4, 0.5) is 0 Å². The van der Waals surface area contributed by atoms with E-state index in [1.807, 2.05) is 30.3 Å². The fourth-order valence-electron chi connectivity index (χ4n) is 6.68. The maximum Gasteiger partial charge on any atom is 0.202 e. The van der Waals surface area contributed by atoms with Crippen molar-refractivity contribution in [3.63, 3.8) is 0 Å². The molecule has 6 atom stereocenters. The van der Waals surface area contributed by atoms with Crippen molar-refractivity contribution in [3.05, 3.63) is 87.5 Å². The molecule has 236 valence electrons. The molecule has 5 N–H and O–H groups in total. The number of hydrogen-bond donors (Lipinski definition) is 4. The number of methoxy groups -OCH3 is 1. The number of aromatic hydroxyl groups is 2. The molecule has 3 aromatic rings. The number of aliphatic hydroxyl groups is 1. The normalized spacial score (nSPS) is 27.4. The number of fused-ring (bicyclic) bond motifs is 3. The number of Topliss-reactive ketones (excluding diaryl/α,β-unsaturated/α-hetero) is 1. The molecule has 3 aliphatic rings. The Balaban J connectivity index is 1.35. The van der Waals surface area contributed by atoms with Gasteiger partial charge in [0.05, 0.1) is 48.7 Å². The van der Waals surface area contributed by atoms with Gasteiger partial charge in [0.25, 0.3) is 0 Å². The van der Waals surface area contributed by atoms with Crippen molar-refractivity contribution in [3.8, 4) is 17.2 Å². The molecule has 11 nitrogen and oxygen atoms in total. The van der Waals surface area contributed by atoms with Crippen molar-refractivity contribution in [2.24, 2.45) is 5.73 Å².